The standard InChI is InChI=1S/C27H35N5O/c1-3-32-25-12-5-4-11-24(25)28-26(32)20-29-13-7-9-22(19-29)27(33)31-16-14-30(15-17-31)23-10-6-8-21(2)18-23/h4-6,8,10-12,18,22H,3,7,9,13-17,19-20H2,1-2H3/t22-/m0/s1. The molecule has 174 valence electrons. The smallest absolute Gasteiger partial charge is 0.227 e. The monoisotopic (exact) mass is 445 g/mol. The zero-order chi connectivity index (χ0) is 22.8. The van der Waals surface area contributed by atoms with E-state index in [0.717, 1.165) is 76.5 Å². The van der Waals surface area contributed by atoms with Crippen molar-refractivity contribution in [2.75, 3.05) is 44.2 Å². The zero-order valence-electron chi connectivity index (χ0n) is 19.9. The van der Waals surface area contributed by atoms with Crippen molar-refractivity contribution >= 4 is 22.6 Å². The second kappa shape index (κ2) is 9.56. The van der Waals surface area contributed by atoms with E-state index in [-0.39, 0.29) is 5.92 Å². The van der Waals surface area contributed by atoms with Crippen LogP contribution in [0.2, 0.25) is 0 Å². The van der Waals surface area contributed by atoms with E-state index in [9.17, 15) is 4.79 Å². The highest BCUT2D eigenvalue weighted by molar-refractivity contribution is 5.79. The van der Waals surface area contributed by atoms with Crippen molar-refractivity contribution in [3.05, 3.63) is 59.9 Å². The molecule has 0 saturated carbocycles. The van der Waals surface area contributed by atoms with Crippen LogP contribution in [0.3, 0.4) is 0 Å². The van der Waals surface area contributed by atoms with Crippen LogP contribution in [0, 0.1) is 12.8 Å². The predicted molar refractivity (Wildman–Crippen MR) is 133 cm³/mol. The lowest BCUT2D eigenvalue weighted by atomic mass is 9.96. The van der Waals surface area contributed by atoms with Gasteiger partial charge in [0, 0.05) is 45.0 Å². The number of piperazine rings is 1. The highest BCUT2D eigenvalue weighted by Crippen LogP contribution is 2.24. The van der Waals surface area contributed by atoms with Gasteiger partial charge in [0.2, 0.25) is 5.91 Å². The van der Waals surface area contributed by atoms with Crippen molar-refractivity contribution < 1.29 is 4.79 Å². The Kier molecular flexibility index (Phi) is 6.36. The molecule has 3 heterocycles. The van der Waals surface area contributed by atoms with Gasteiger partial charge in [-0.2, -0.15) is 0 Å². The van der Waals surface area contributed by atoms with E-state index < -0.39 is 0 Å². The number of piperidine rings is 1. The van der Waals surface area contributed by atoms with Crippen LogP contribution in [0.4, 0.5) is 5.69 Å². The summed E-state index contributed by atoms with van der Waals surface area (Å²) in [5, 5.41) is 0. The van der Waals surface area contributed by atoms with Gasteiger partial charge >= 0.3 is 0 Å². The van der Waals surface area contributed by atoms with Crippen molar-refractivity contribution in [2.45, 2.75) is 39.8 Å². The summed E-state index contributed by atoms with van der Waals surface area (Å²) in [6, 6.07) is 17.0. The topological polar surface area (TPSA) is 44.6 Å². The summed E-state index contributed by atoms with van der Waals surface area (Å²) in [4.78, 5) is 25.2. The number of carbonyl (C=O) groups excluding carboxylic acids is 1. The average Bonchev–Trinajstić information content (AvgIpc) is 3.20. The van der Waals surface area contributed by atoms with Crippen molar-refractivity contribution in [2.24, 2.45) is 5.92 Å². The number of amides is 1. The van der Waals surface area contributed by atoms with Crippen LogP contribution in [0.1, 0.15) is 31.2 Å². The second-order valence-electron chi connectivity index (χ2n) is 9.49. The molecule has 2 aliphatic heterocycles. The van der Waals surface area contributed by atoms with E-state index in [0.29, 0.717) is 5.91 Å². The minimum absolute atomic E-state index is 0.101. The number of likely N-dealkylation sites (tertiary alicyclic amines) is 1. The Balaban J connectivity index is 1.20. The molecule has 0 aliphatic carbocycles. The molecule has 0 N–H and O–H groups in total. The number of hydrogen-bond donors (Lipinski definition) is 0. The van der Waals surface area contributed by atoms with Crippen molar-refractivity contribution in [1.29, 1.82) is 0 Å². The summed E-state index contributed by atoms with van der Waals surface area (Å²) in [6.45, 7) is 11.4. The molecule has 2 aromatic carbocycles. The first kappa shape index (κ1) is 22.0. The Labute approximate surface area is 196 Å². The summed E-state index contributed by atoms with van der Waals surface area (Å²) in [6.07, 6.45) is 2.07. The molecule has 5 rings (SSSR count). The average molecular weight is 446 g/mol. The molecule has 1 aromatic heterocycles. The van der Waals surface area contributed by atoms with Gasteiger partial charge in [-0.3, -0.25) is 9.69 Å². The molecule has 1 atom stereocenters. The van der Waals surface area contributed by atoms with Crippen LogP contribution < -0.4 is 4.90 Å². The maximum absolute atomic E-state index is 13.4. The van der Waals surface area contributed by atoms with Crippen LogP contribution in [-0.2, 0) is 17.9 Å². The molecule has 3 aromatic rings. The quantitative estimate of drug-likeness (QED) is 0.597. The Morgan fingerprint density at radius 2 is 1.85 bits per heavy atom. The van der Waals surface area contributed by atoms with Gasteiger partial charge in [-0.15, -0.1) is 0 Å². The fourth-order valence-corrected chi connectivity index (χ4v) is 5.47. The lowest BCUT2D eigenvalue weighted by Gasteiger charge is -2.39. The highest BCUT2D eigenvalue weighted by Gasteiger charge is 2.31. The number of anilines is 1. The number of carbonyl (C=O) groups is 1. The first-order chi connectivity index (χ1) is 16.1. The van der Waals surface area contributed by atoms with Gasteiger partial charge in [0.05, 0.1) is 23.5 Å². The van der Waals surface area contributed by atoms with E-state index in [1.165, 1.54) is 16.8 Å². The third-order valence-corrected chi connectivity index (χ3v) is 7.23. The first-order valence-electron chi connectivity index (χ1n) is 12.4. The molecule has 0 spiro atoms. The summed E-state index contributed by atoms with van der Waals surface area (Å²) < 4.78 is 2.31. The molecule has 1 amide bonds. The molecule has 0 radical (unpaired) electrons. The third-order valence-electron chi connectivity index (χ3n) is 7.23. The molecule has 6 heteroatoms. The van der Waals surface area contributed by atoms with Gasteiger partial charge in [0.25, 0.3) is 0 Å². The molecule has 0 bridgehead atoms. The first-order valence-corrected chi connectivity index (χ1v) is 12.4. The Bertz CT molecular complexity index is 1110. The molecular weight excluding hydrogens is 410 g/mol. The molecular formula is C27H35N5O. The number of aromatic nitrogens is 2. The fraction of sp³-hybridized carbons (Fsp3) is 0.481. The molecule has 2 fully saturated rings. The number of fused-ring (bicyclic) bond motifs is 1. The van der Waals surface area contributed by atoms with Crippen LogP contribution in [0.25, 0.3) is 11.0 Å². The van der Waals surface area contributed by atoms with Gasteiger partial charge in [0.1, 0.15) is 5.82 Å². The van der Waals surface area contributed by atoms with Crippen LogP contribution >= 0.6 is 0 Å². The molecule has 0 unspecified atom stereocenters. The highest BCUT2D eigenvalue weighted by atomic mass is 16.2. The molecule has 33 heavy (non-hydrogen) atoms. The van der Waals surface area contributed by atoms with Crippen LogP contribution in [0.5, 0.6) is 0 Å². The third kappa shape index (κ3) is 4.62. The predicted octanol–water partition coefficient (Wildman–Crippen LogP) is 3.93. The molecule has 6 nitrogen and oxygen atoms in total. The summed E-state index contributed by atoms with van der Waals surface area (Å²) in [7, 11) is 0. The minimum atomic E-state index is 0.101. The van der Waals surface area contributed by atoms with Crippen molar-refractivity contribution in [3.63, 3.8) is 0 Å². The maximum atomic E-state index is 13.4. The Hall–Kier alpha value is -2.86. The molecule has 2 aliphatic rings. The largest absolute Gasteiger partial charge is 0.368 e. The normalized spacial score (nSPS) is 19.9. The van der Waals surface area contributed by atoms with E-state index >= 15 is 0 Å². The van der Waals surface area contributed by atoms with E-state index in [4.69, 9.17) is 4.98 Å². The van der Waals surface area contributed by atoms with Crippen LogP contribution in [0.15, 0.2) is 48.5 Å². The van der Waals surface area contributed by atoms with Crippen molar-refractivity contribution in [1.82, 2.24) is 19.4 Å². The number of rotatable bonds is 5. The van der Waals surface area contributed by atoms with Gasteiger partial charge in [-0.1, -0.05) is 24.3 Å². The molecule has 2 saturated heterocycles. The number of aryl methyl sites for hydroxylation is 2. The number of nitrogens with zero attached hydrogens (tertiary/aromatic N) is 5. The van der Waals surface area contributed by atoms with E-state index in [2.05, 4.69) is 75.6 Å². The van der Waals surface area contributed by atoms with E-state index in [1.54, 1.807) is 0 Å². The maximum Gasteiger partial charge on any atom is 0.227 e. The van der Waals surface area contributed by atoms with E-state index in [1.807, 2.05) is 6.07 Å². The summed E-state index contributed by atoms with van der Waals surface area (Å²) in [5.41, 5.74) is 4.81. The number of para-hydroxylation sites is 2. The summed E-state index contributed by atoms with van der Waals surface area (Å²) in [5.74, 6) is 1.55. The van der Waals surface area contributed by atoms with Gasteiger partial charge < -0.3 is 14.4 Å². The fourth-order valence-electron chi connectivity index (χ4n) is 5.47. The Morgan fingerprint density at radius 1 is 1.03 bits per heavy atom. The minimum Gasteiger partial charge on any atom is -0.368 e. The number of hydrogen-bond acceptors (Lipinski definition) is 4. The lowest BCUT2D eigenvalue weighted by Crippen LogP contribution is -2.52. The van der Waals surface area contributed by atoms with Gasteiger partial charge in [-0.25, -0.2) is 4.98 Å². The Morgan fingerprint density at radius 3 is 2.64 bits per heavy atom. The second-order valence-corrected chi connectivity index (χ2v) is 9.49. The van der Waals surface area contributed by atoms with Gasteiger partial charge in [0.15, 0.2) is 0 Å². The van der Waals surface area contributed by atoms with Crippen molar-refractivity contribution in [3.8, 4) is 0 Å². The number of benzene rings is 2. The SMILES string of the molecule is CCn1c(CN2CCC[C@H](C(=O)N3CCN(c4cccc(C)c4)CC3)C2)nc2ccccc21. The zero-order valence-corrected chi connectivity index (χ0v) is 19.9. The van der Waals surface area contributed by atoms with Crippen LogP contribution in [-0.4, -0.2) is 64.5 Å². The summed E-state index contributed by atoms with van der Waals surface area (Å²) >= 11 is 0. The van der Waals surface area contributed by atoms with Gasteiger partial charge in [-0.05, 0) is 63.1 Å². The number of imidazole rings is 1. The lowest BCUT2D eigenvalue weighted by molar-refractivity contribution is -0.137.